The number of ether oxygens (including phenoxy) is 1. The summed E-state index contributed by atoms with van der Waals surface area (Å²) < 4.78 is 5.90. The summed E-state index contributed by atoms with van der Waals surface area (Å²) in [6, 6.07) is 7.86. The molecule has 5 rings (SSSR count). The maximum Gasteiger partial charge on any atom is 0.230 e. The molecule has 1 aromatic rings. The number of hydrogen-bond donors (Lipinski definition) is 1. The van der Waals surface area contributed by atoms with Crippen molar-refractivity contribution in [1.82, 2.24) is 0 Å². The van der Waals surface area contributed by atoms with Crippen LogP contribution in [0.4, 0.5) is 5.69 Å². The molecule has 1 aromatic carbocycles. The van der Waals surface area contributed by atoms with Crippen LogP contribution in [0.5, 0.6) is 5.75 Å². The van der Waals surface area contributed by atoms with Gasteiger partial charge in [0.25, 0.3) is 0 Å². The van der Waals surface area contributed by atoms with Crippen molar-refractivity contribution < 1.29 is 9.53 Å². The Morgan fingerprint density at radius 1 is 1.12 bits per heavy atom. The third-order valence-corrected chi connectivity index (χ3v) is 6.23. The first-order chi connectivity index (χ1) is 11.5. The summed E-state index contributed by atoms with van der Waals surface area (Å²) in [5.74, 6) is 3.86. The molecular weight excluding hydrogens is 298 g/mol. The zero-order chi connectivity index (χ0) is 16.7. The van der Waals surface area contributed by atoms with Gasteiger partial charge in [-0.3, -0.25) is 4.79 Å². The summed E-state index contributed by atoms with van der Waals surface area (Å²) in [5, 5.41) is 3.23. The van der Waals surface area contributed by atoms with Crippen LogP contribution in [0.15, 0.2) is 24.3 Å². The number of hydrogen-bond acceptors (Lipinski definition) is 2. The zero-order valence-corrected chi connectivity index (χ0v) is 14.9. The van der Waals surface area contributed by atoms with Crippen molar-refractivity contribution in [3.05, 3.63) is 24.3 Å². The van der Waals surface area contributed by atoms with Gasteiger partial charge in [0.15, 0.2) is 0 Å². The molecule has 0 spiro atoms. The summed E-state index contributed by atoms with van der Waals surface area (Å²) >= 11 is 0. The number of anilines is 1. The molecular formula is C21H29NO2. The van der Waals surface area contributed by atoms with E-state index in [2.05, 4.69) is 19.2 Å². The molecule has 4 bridgehead atoms. The second-order valence-corrected chi connectivity index (χ2v) is 8.85. The van der Waals surface area contributed by atoms with Crippen molar-refractivity contribution in [2.24, 2.45) is 29.1 Å². The highest BCUT2D eigenvalue weighted by Gasteiger charge is 2.54. The van der Waals surface area contributed by atoms with Gasteiger partial charge in [-0.15, -0.1) is 0 Å². The number of rotatable bonds is 5. The fraction of sp³-hybridized carbons (Fsp3) is 0.667. The van der Waals surface area contributed by atoms with E-state index in [1.165, 1.54) is 19.3 Å². The molecule has 0 atom stereocenters. The lowest BCUT2D eigenvalue weighted by Gasteiger charge is -2.55. The number of carbonyl (C=O) groups is 1. The van der Waals surface area contributed by atoms with Crippen LogP contribution in [0.3, 0.4) is 0 Å². The highest BCUT2D eigenvalue weighted by atomic mass is 16.5. The molecule has 24 heavy (non-hydrogen) atoms. The second kappa shape index (κ2) is 6.09. The third kappa shape index (κ3) is 2.94. The van der Waals surface area contributed by atoms with Crippen LogP contribution in [0.1, 0.15) is 52.4 Å². The Labute approximate surface area is 145 Å². The number of nitrogens with one attached hydrogen (secondary N) is 1. The van der Waals surface area contributed by atoms with Crippen molar-refractivity contribution in [2.45, 2.75) is 52.4 Å². The Bertz CT molecular complexity index is 587. The molecule has 0 heterocycles. The van der Waals surface area contributed by atoms with E-state index in [1.807, 2.05) is 24.3 Å². The van der Waals surface area contributed by atoms with Gasteiger partial charge < -0.3 is 10.1 Å². The van der Waals surface area contributed by atoms with Gasteiger partial charge in [-0.1, -0.05) is 26.0 Å². The Morgan fingerprint density at radius 3 is 2.29 bits per heavy atom. The molecule has 4 aliphatic rings. The van der Waals surface area contributed by atoms with Gasteiger partial charge in [-0.05, 0) is 74.3 Å². The Balaban J connectivity index is 1.50. The predicted octanol–water partition coefficient (Wildman–Crippen LogP) is 4.88. The average Bonchev–Trinajstić information content (AvgIpc) is 2.52. The molecule has 4 saturated carbocycles. The van der Waals surface area contributed by atoms with Crippen molar-refractivity contribution in [3.8, 4) is 5.75 Å². The molecule has 0 aliphatic heterocycles. The minimum absolute atomic E-state index is 0.111. The van der Waals surface area contributed by atoms with Crippen LogP contribution in [0.25, 0.3) is 0 Å². The molecule has 0 saturated heterocycles. The van der Waals surface area contributed by atoms with E-state index in [1.54, 1.807) is 0 Å². The van der Waals surface area contributed by atoms with E-state index in [9.17, 15) is 4.79 Å². The minimum Gasteiger partial charge on any atom is -0.491 e. The summed E-state index contributed by atoms with van der Waals surface area (Å²) in [6.45, 7) is 4.94. The monoisotopic (exact) mass is 327 g/mol. The van der Waals surface area contributed by atoms with Crippen LogP contribution >= 0.6 is 0 Å². The van der Waals surface area contributed by atoms with Crippen molar-refractivity contribution in [3.63, 3.8) is 0 Å². The summed E-state index contributed by atoms with van der Waals surface area (Å²) in [6.07, 6.45) is 7.38. The summed E-state index contributed by atoms with van der Waals surface area (Å²) in [5.41, 5.74) is 0.721. The van der Waals surface area contributed by atoms with Crippen molar-refractivity contribution in [1.29, 1.82) is 0 Å². The number of para-hydroxylation sites is 2. The van der Waals surface area contributed by atoms with Crippen molar-refractivity contribution >= 4 is 11.6 Å². The normalized spacial score (nSPS) is 33.7. The summed E-state index contributed by atoms with van der Waals surface area (Å²) in [4.78, 5) is 13.2. The average molecular weight is 327 g/mol. The highest BCUT2D eigenvalue weighted by molar-refractivity contribution is 5.96. The van der Waals surface area contributed by atoms with E-state index in [0.29, 0.717) is 12.5 Å². The Hall–Kier alpha value is -1.51. The molecule has 1 amide bonds. The van der Waals surface area contributed by atoms with Crippen LogP contribution < -0.4 is 10.1 Å². The largest absolute Gasteiger partial charge is 0.491 e. The lowest BCUT2D eigenvalue weighted by Crippen LogP contribution is -2.51. The second-order valence-electron chi connectivity index (χ2n) is 8.85. The van der Waals surface area contributed by atoms with Gasteiger partial charge in [0.2, 0.25) is 5.91 Å². The number of amides is 1. The SMILES string of the molecule is CC(C)COc1ccccc1NC(=O)C12CC3CC(CC(C3)C1)C2. The van der Waals surface area contributed by atoms with Gasteiger partial charge in [0.05, 0.1) is 17.7 Å². The van der Waals surface area contributed by atoms with E-state index in [-0.39, 0.29) is 11.3 Å². The molecule has 0 radical (unpaired) electrons. The van der Waals surface area contributed by atoms with Crippen LogP contribution in [0, 0.1) is 29.1 Å². The molecule has 130 valence electrons. The molecule has 3 nitrogen and oxygen atoms in total. The van der Waals surface area contributed by atoms with E-state index in [0.717, 1.165) is 48.5 Å². The number of benzene rings is 1. The lowest BCUT2D eigenvalue weighted by molar-refractivity contribution is -0.140. The van der Waals surface area contributed by atoms with Crippen molar-refractivity contribution in [2.75, 3.05) is 11.9 Å². The maximum atomic E-state index is 13.2. The Kier molecular flexibility index (Phi) is 4.06. The third-order valence-electron chi connectivity index (χ3n) is 6.23. The first-order valence-electron chi connectivity index (χ1n) is 9.57. The van der Waals surface area contributed by atoms with E-state index in [4.69, 9.17) is 4.74 Å². The fourth-order valence-corrected chi connectivity index (χ4v) is 5.60. The Morgan fingerprint density at radius 2 is 1.71 bits per heavy atom. The molecule has 0 aromatic heterocycles. The molecule has 4 aliphatic carbocycles. The standard InChI is InChI=1S/C21H29NO2/c1-14(2)13-24-19-6-4-3-5-18(19)22-20(23)21-10-15-7-16(11-21)9-17(8-15)12-21/h3-6,14-17H,7-13H2,1-2H3,(H,22,23). The smallest absolute Gasteiger partial charge is 0.230 e. The van der Waals surface area contributed by atoms with Crippen LogP contribution in [0.2, 0.25) is 0 Å². The van der Waals surface area contributed by atoms with Gasteiger partial charge in [-0.25, -0.2) is 0 Å². The van der Waals surface area contributed by atoms with Gasteiger partial charge >= 0.3 is 0 Å². The first kappa shape index (κ1) is 16.0. The first-order valence-corrected chi connectivity index (χ1v) is 9.57. The van der Waals surface area contributed by atoms with Gasteiger partial charge in [0.1, 0.15) is 5.75 Å². The van der Waals surface area contributed by atoms with E-state index >= 15 is 0 Å². The topological polar surface area (TPSA) is 38.3 Å². The van der Waals surface area contributed by atoms with Crippen LogP contribution in [-0.4, -0.2) is 12.5 Å². The molecule has 1 N–H and O–H groups in total. The minimum atomic E-state index is -0.111. The van der Waals surface area contributed by atoms with Crippen LogP contribution in [-0.2, 0) is 4.79 Å². The predicted molar refractivity (Wildman–Crippen MR) is 96.0 cm³/mol. The summed E-state index contributed by atoms with van der Waals surface area (Å²) in [7, 11) is 0. The quantitative estimate of drug-likeness (QED) is 0.837. The fourth-order valence-electron chi connectivity index (χ4n) is 5.60. The van der Waals surface area contributed by atoms with Gasteiger partial charge in [-0.2, -0.15) is 0 Å². The van der Waals surface area contributed by atoms with E-state index < -0.39 is 0 Å². The lowest BCUT2D eigenvalue weighted by atomic mass is 9.49. The molecule has 0 unspecified atom stereocenters. The highest BCUT2D eigenvalue weighted by Crippen LogP contribution is 2.60. The van der Waals surface area contributed by atoms with Gasteiger partial charge in [0, 0.05) is 0 Å². The molecule has 4 fully saturated rings. The maximum absolute atomic E-state index is 13.2. The molecule has 3 heteroatoms. The number of carbonyl (C=O) groups excluding carboxylic acids is 1. The zero-order valence-electron chi connectivity index (χ0n) is 14.9.